The number of likely N-dealkylation sites (tertiary alicyclic amines) is 1. The topological polar surface area (TPSA) is 98.8 Å². The Morgan fingerprint density at radius 3 is 2.77 bits per heavy atom. The second kappa shape index (κ2) is 8.09. The molecule has 4 rings (SSSR count). The summed E-state index contributed by atoms with van der Waals surface area (Å²) in [5, 5.41) is 11.0. The summed E-state index contributed by atoms with van der Waals surface area (Å²) in [5.41, 5.74) is 0.187. The maximum atomic E-state index is 13.4. The molecule has 0 bridgehead atoms. The van der Waals surface area contributed by atoms with Gasteiger partial charge in [-0.3, -0.25) is 14.5 Å². The lowest BCUT2D eigenvalue weighted by atomic mass is 9.84. The van der Waals surface area contributed by atoms with Crippen molar-refractivity contribution in [1.29, 1.82) is 0 Å². The fraction of sp³-hybridized carbons (Fsp3) is 0.522. The van der Waals surface area contributed by atoms with Gasteiger partial charge in [0, 0.05) is 36.4 Å². The molecule has 0 spiro atoms. The van der Waals surface area contributed by atoms with Crippen molar-refractivity contribution in [3.8, 4) is 0 Å². The summed E-state index contributed by atoms with van der Waals surface area (Å²) >= 11 is 0. The van der Waals surface area contributed by atoms with Crippen LogP contribution in [-0.4, -0.2) is 75.6 Å². The molecule has 2 N–H and O–H groups in total. The summed E-state index contributed by atoms with van der Waals surface area (Å²) in [5.74, 6) is -2.28. The van der Waals surface area contributed by atoms with E-state index < -0.39 is 23.4 Å². The second-order valence-corrected chi connectivity index (χ2v) is 8.95. The van der Waals surface area contributed by atoms with Crippen molar-refractivity contribution in [2.75, 3.05) is 27.2 Å². The number of carbonyl (C=O) groups is 2. The smallest absolute Gasteiger partial charge is 0.320 e. The van der Waals surface area contributed by atoms with Gasteiger partial charge < -0.3 is 19.7 Å². The fourth-order valence-corrected chi connectivity index (χ4v) is 4.81. The van der Waals surface area contributed by atoms with Gasteiger partial charge in [0.15, 0.2) is 17.4 Å². The highest BCUT2D eigenvalue weighted by Gasteiger charge is 2.63. The number of likely N-dealkylation sites (N-methyl/N-ethyl adjacent to an activating group) is 1. The SMILES string of the molecule is CC1CCN(C2(C(C)N(C)C)O/C(=C\c3c[nH]c4ncccc34)C(=O)C2C(=O)O)CC1. The molecular weight excluding hydrogens is 396 g/mol. The summed E-state index contributed by atoms with van der Waals surface area (Å²) in [6.07, 6.45) is 6.98. The van der Waals surface area contributed by atoms with E-state index in [1.807, 2.05) is 38.1 Å². The molecule has 4 heterocycles. The molecule has 2 aliphatic rings. The zero-order chi connectivity index (χ0) is 22.3. The average molecular weight is 427 g/mol. The monoisotopic (exact) mass is 426 g/mol. The number of hydrogen-bond donors (Lipinski definition) is 2. The number of ether oxygens (including phenoxy) is 1. The number of allylic oxidation sites excluding steroid dienone is 1. The lowest BCUT2D eigenvalue weighted by molar-refractivity contribution is -0.189. The van der Waals surface area contributed by atoms with Crippen LogP contribution in [0.1, 0.15) is 32.3 Å². The third-order valence-electron chi connectivity index (χ3n) is 6.86. The molecule has 0 saturated carbocycles. The molecule has 0 amide bonds. The Bertz CT molecular complexity index is 1020. The van der Waals surface area contributed by atoms with E-state index in [0.29, 0.717) is 24.7 Å². The second-order valence-electron chi connectivity index (χ2n) is 8.95. The molecule has 2 fully saturated rings. The fourth-order valence-electron chi connectivity index (χ4n) is 4.81. The van der Waals surface area contributed by atoms with E-state index in [2.05, 4.69) is 21.8 Å². The predicted molar refractivity (Wildman–Crippen MR) is 117 cm³/mol. The van der Waals surface area contributed by atoms with Gasteiger partial charge in [-0.15, -0.1) is 0 Å². The van der Waals surface area contributed by atoms with Crippen LogP contribution in [-0.2, 0) is 14.3 Å². The number of rotatable bonds is 5. The molecule has 2 saturated heterocycles. The Kier molecular flexibility index (Phi) is 5.61. The number of aromatic nitrogens is 2. The normalized spacial score (nSPS) is 27.8. The molecule has 2 aromatic heterocycles. The third kappa shape index (κ3) is 3.53. The van der Waals surface area contributed by atoms with E-state index in [4.69, 9.17) is 4.74 Å². The number of aliphatic carboxylic acids is 1. The van der Waals surface area contributed by atoms with Gasteiger partial charge in [0.1, 0.15) is 5.65 Å². The van der Waals surface area contributed by atoms with Gasteiger partial charge in [-0.25, -0.2) is 4.98 Å². The van der Waals surface area contributed by atoms with E-state index in [0.717, 1.165) is 23.8 Å². The zero-order valence-corrected chi connectivity index (χ0v) is 18.5. The Balaban J connectivity index is 1.82. The summed E-state index contributed by atoms with van der Waals surface area (Å²) < 4.78 is 6.44. The van der Waals surface area contributed by atoms with Crippen LogP contribution < -0.4 is 0 Å². The number of pyridine rings is 1. The minimum absolute atomic E-state index is 0.0875. The number of fused-ring (bicyclic) bond motifs is 1. The Morgan fingerprint density at radius 1 is 1.42 bits per heavy atom. The molecule has 3 unspecified atom stereocenters. The van der Waals surface area contributed by atoms with Gasteiger partial charge in [0.05, 0.1) is 6.04 Å². The molecule has 8 heteroatoms. The molecule has 0 radical (unpaired) electrons. The number of piperidine rings is 1. The lowest BCUT2D eigenvalue weighted by Gasteiger charge is -2.49. The summed E-state index contributed by atoms with van der Waals surface area (Å²) in [6, 6.07) is 3.41. The zero-order valence-electron chi connectivity index (χ0n) is 18.5. The van der Waals surface area contributed by atoms with E-state index in [1.54, 1.807) is 18.5 Å². The largest absolute Gasteiger partial charge is 0.481 e. The number of aromatic amines is 1. The van der Waals surface area contributed by atoms with Crippen LogP contribution in [0.25, 0.3) is 17.1 Å². The minimum Gasteiger partial charge on any atom is -0.481 e. The Morgan fingerprint density at radius 2 is 2.13 bits per heavy atom. The highest BCUT2D eigenvalue weighted by molar-refractivity contribution is 6.12. The summed E-state index contributed by atoms with van der Waals surface area (Å²) in [4.78, 5) is 37.2. The molecule has 0 aromatic carbocycles. The first-order chi connectivity index (χ1) is 14.8. The number of nitrogens with zero attached hydrogens (tertiary/aromatic N) is 3. The first-order valence-corrected chi connectivity index (χ1v) is 10.8. The first-order valence-electron chi connectivity index (χ1n) is 10.8. The van der Waals surface area contributed by atoms with Crippen LogP contribution in [0, 0.1) is 11.8 Å². The van der Waals surface area contributed by atoms with Gasteiger partial charge in [0.2, 0.25) is 5.78 Å². The number of carboxylic acids is 1. The minimum atomic E-state index is -1.30. The quantitative estimate of drug-likeness (QED) is 0.560. The maximum absolute atomic E-state index is 13.4. The van der Waals surface area contributed by atoms with E-state index in [-0.39, 0.29) is 11.8 Å². The average Bonchev–Trinajstić information content (AvgIpc) is 3.28. The van der Waals surface area contributed by atoms with Crippen LogP contribution in [0.2, 0.25) is 0 Å². The van der Waals surface area contributed by atoms with Crippen molar-refractivity contribution in [3.05, 3.63) is 35.8 Å². The first kappa shape index (κ1) is 21.5. The highest BCUT2D eigenvalue weighted by atomic mass is 16.5. The predicted octanol–water partition coefficient (Wildman–Crippen LogP) is 2.58. The van der Waals surface area contributed by atoms with Crippen molar-refractivity contribution in [2.45, 2.75) is 38.5 Å². The van der Waals surface area contributed by atoms with Gasteiger partial charge in [-0.1, -0.05) is 6.92 Å². The van der Waals surface area contributed by atoms with E-state index in [1.165, 1.54) is 0 Å². The third-order valence-corrected chi connectivity index (χ3v) is 6.86. The Hall–Kier alpha value is -2.71. The maximum Gasteiger partial charge on any atom is 0.320 e. The molecule has 2 aliphatic heterocycles. The van der Waals surface area contributed by atoms with E-state index >= 15 is 0 Å². The molecule has 0 aliphatic carbocycles. The van der Waals surface area contributed by atoms with Crippen LogP contribution in [0.5, 0.6) is 0 Å². The lowest BCUT2D eigenvalue weighted by Crippen LogP contribution is -2.66. The van der Waals surface area contributed by atoms with Crippen molar-refractivity contribution < 1.29 is 19.4 Å². The molecule has 3 atom stereocenters. The van der Waals surface area contributed by atoms with Crippen LogP contribution in [0.15, 0.2) is 30.3 Å². The van der Waals surface area contributed by atoms with Crippen molar-refractivity contribution in [2.24, 2.45) is 11.8 Å². The van der Waals surface area contributed by atoms with Crippen molar-refractivity contribution in [3.63, 3.8) is 0 Å². The Labute approximate surface area is 181 Å². The standard InChI is InChI=1S/C23H30N4O4/c1-14-7-10-27(11-8-14)23(15(2)26(3)4)19(22(29)30)20(28)18(31-23)12-16-13-25-21-17(16)6-5-9-24-21/h5-6,9,12-15,19H,7-8,10-11H2,1-4H3,(H,24,25)(H,29,30)/b18-12-. The van der Waals surface area contributed by atoms with E-state index in [9.17, 15) is 14.7 Å². The number of ketones is 1. The van der Waals surface area contributed by atoms with Gasteiger partial charge in [-0.2, -0.15) is 0 Å². The summed E-state index contributed by atoms with van der Waals surface area (Å²) in [7, 11) is 3.78. The molecule has 2 aromatic rings. The van der Waals surface area contributed by atoms with Crippen molar-refractivity contribution in [1.82, 2.24) is 19.8 Å². The molecule has 166 valence electrons. The van der Waals surface area contributed by atoms with Gasteiger partial charge in [0.25, 0.3) is 0 Å². The van der Waals surface area contributed by atoms with Gasteiger partial charge in [-0.05, 0) is 58.0 Å². The number of H-pyrrole nitrogens is 1. The van der Waals surface area contributed by atoms with Gasteiger partial charge >= 0.3 is 5.97 Å². The molecule has 31 heavy (non-hydrogen) atoms. The number of nitrogens with one attached hydrogen (secondary N) is 1. The number of carbonyl (C=O) groups excluding carboxylic acids is 1. The van der Waals surface area contributed by atoms with Crippen LogP contribution in [0.4, 0.5) is 0 Å². The molecule has 8 nitrogen and oxygen atoms in total. The number of hydrogen-bond acceptors (Lipinski definition) is 6. The number of Topliss-reactive ketones (excluding diaryl/α,β-unsaturated/α-hetero) is 1. The van der Waals surface area contributed by atoms with Crippen LogP contribution in [0.3, 0.4) is 0 Å². The molecular formula is C23H30N4O4. The highest BCUT2D eigenvalue weighted by Crippen LogP contribution is 2.45. The summed E-state index contributed by atoms with van der Waals surface area (Å²) in [6.45, 7) is 5.52. The van der Waals surface area contributed by atoms with Crippen molar-refractivity contribution >= 4 is 28.9 Å². The van der Waals surface area contributed by atoms with Crippen LogP contribution >= 0.6 is 0 Å². The number of carboxylic acid groups (broad SMARTS) is 1.